The fourth-order valence-electron chi connectivity index (χ4n) is 0.782. The van der Waals surface area contributed by atoms with Crippen LogP contribution in [0.5, 0.6) is 0 Å². The SMILES string of the molecule is CN(C)CC(=O)NCCCO[N+](=O)[O-]. The molecule has 0 aromatic heterocycles. The van der Waals surface area contributed by atoms with Gasteiger partial charge in [-0.2, -0.15) is 0 Å². The minimum atomic E-state index is -0.846. The van der Waals surface area contributed by atoms with Crippen LogP contribution >= 0.6 is 0 Å². The Labute approximate surface area is 82.1 Å². The quantitative estimate of drug-likeness (QED) is 0.336. The molecule has 0 atom stereocenters. The van der Waals surface area contributed by atoms with Crippen LogP contribution in [-0.2, 0) is 9.63 Å². The summed E-state index contributed by atoms with van der Waals surface area (Å²) in [5.74, 6) is -0.101. The van der Waals surface area contributed by atoms with Crippen LogP contribution in [0, 0.1) is 10.1 Å². The molecule has 1 amide bonds. The second-order valence-electron chi connectivity index (χ2n) is 3.00. The van der Waals surface area contributed by atoms with Crippen LogP contribution in [0.1, 0.15) is 6.42 Å². The highest BCUT2D eigenvalue weighted by molar-refractivity contribution is 5.77. The van der Waals surface area contributed by atoms with Gasteiger partial charge in [0.05, 0.1) is 13.2 Å². The van der Waals surface area contributed by atoms with E-state index < -0.39 is 5.09 Å². The summed E-state index contributed by atoms with van der Waals surface area (Å²) in [6.07, 6.45) is 0.431. The van der Waals surface area contributed by atoms with E-state index in [1.165, 1.54) is 0 Å². The first-order valence-electron chi connectivity index (χ1n) is 4.21. The fraction of sp³-hybridized carbons (Fsp3) is 0.857. The summed E-state index contributed by atoms with van der Waals surface area (Å²) >= 11 is 0. The lowest BCUT2D eigenvalue weighted by Gasteiger charge is -2.09. The predicted octanol–water partition coefficient (Wildman–Crippen LogP) is -0.737. The van der Waals surface area contributed by atoms with Crippen molar-refractivity contribution in [2.45, 2.75) is 6.42 Å². The van der Waals surface area contributed by atoms with E-state index >= 15 is 0 Å². The van der Waals surface area contributed by atoms with Gasteiger partial charge in [0.15, 0.2) is 0 Å². The van der Waals surface area contributed by atoms with Crippen molar-refractivity contribution in [3.63, 3.8) is 0 Å². The van der Waals surface area contributed by atoms with Crippen LogP contribution in [0.2, 0.25) is 0 Å². The highest BCUT2D eigenvalue weighted by Gasteiger charge is 2.01. The maximum Gasteiger partial charge on any atom is 0.294 e. The fourth-order valence-corrected chi connectivity index (χ4v) is 0.782. The average molecular weight is 205 g/mol. The highest BCUT2D eigenvalue weighted by Crippen LogP contribution is 1.81. The van der Waals surface area contributed by atoms with E-state index in [1.54, 1.807) is 19.0 Å². The molecule has 0 rings (SSSR count). The summed E-state index contributed by atoms with van der Waals surface area (Å²) in [6, 6.07) is 0. The van der Waals surface area contributed by atoms with Crippen LogP contribution in [0.25, 0.3) is 0 Å². The number of hydrogen-bond acceptors (Lipinski definition) is 5. The van der Waals surface area contributed by atoms with E-state index in [0.29, 0.717) is 19.5 Å². The van der Waals surface area contributed by atoms with Gasteiger partial charge in [0.1, 0.15) is 0 Å². The largest absolute Gasteiger partial charge is 0.355 e. The number of likely N-dealkylation sites (N-methyl/N-ethyl adjacent to an activating group) is 1. The number of nitrogens with one attached hydrogen (secondary N) is 1. The smallest absolute Gasteiger partial charge is 0.294 e. The van der Waals surface area contributed by atoms with E-state index in [2.05, 4.69) is 10.2 Å². The predicted molar refractivity (Wildman–Crippen MR) is 49.1 cm³/mol. The van der Waals surface area contributed by atoms with E-state index in [1.807, 2.05) is 0 Å². The minimum absolute atomic E-state index is 0.00917. The molecule has 0 saturated heterocycles. The Bertz CT molecular complexity index is 195. The standard InChI is InChI=1S/C7H15N3O4/c1-9(2)6-7(11)8-4-3-5-14-10(12)13/h3-6H2,1-2H3,(H,8,11). The Morgan fingerprint density at radius 2 is 2.21 bits per heavy atom. The molecule has 0 aromatic rings. The molecule has 0 heterocycles. The van der Waals surface area contributed by atoms with Crippen molar-refractivity contribution in [1.82, 2.24) is 10.2 Å². The van der Waals surface area contributed by atoms with Crippen molar-refractivity contribution >= 4 is 5.91 Å². The molecule has 82 valence electrons. The van der Waals surface area contributed by atoms with Gasteiger partial charge < -0.3 is 15.1 Å². The zero-order chi connectivity index (χ0) is 11.0. The minimum Gasteiger partial charge on any atom is -0.355 e. The van der Waals surface area contributed by atoms with Crippen molar-refractivity contribution in [2.24, 2.45) is 0 Å². The van der Waals surface area contributed by atoms with Crippen molar-refractivity contribution in [1.29, 1.82) is 0 Å². The third-order valence-corrected chi connectivity index (χ3v) is 1.30. The van der Waals surface area contributed by atoms with Gasteiger partial charge in [-0.1, -0.05) is 0 Å². The van der Waals surface area contributed by atoms with Crippen molar-refractivity contribution in [3.05, 3.63) is 10.1 Å². The van der Waals surface area contributed by atoms with Gasteiger partial charge in [-0.25, -0.2) is 0 Å². The molecule has 0 fully saturated rings. The second kappa shape index (κ2) is 7.07. The Kier molecular flexibility index (Phi) is 6.38. The molecular weight excluding hydrogens is 190 g/mol. The number of carbonyl (C=O) groups is 1. The summed E-state index contributed by atoms with van der Waals surface area (Å²) in [5, 5.41) is 11.5. The molecule has 0 aliphatic rings. The molecule has 0 unspecified atom stereocenters. The topological polar surface area (TPSA) is 84.7 Å². The van der Waals surface area contributed by atoms with Crippen LogP contribution in [0.4, 0.5) is 0 Å². The van der Waals surface area contributed by atoms with Crippen LogP contribution < -0.4 is 5.32 Å². The Morgan fingerprint density at radius 3 is 2.71 bits per heavy atom. The zero-order valence-electron chi connectivity index (χ0n) is 8.36. The number of amides is 1. The van der Waals surface area contributed by atoms with Gasteiger partial charge in [-0.05, 0) is 20.5 Å². The summed E-state index contributed by atoms with van der Waals surface area (Å²) in [5.41, 5.74) is 0. The molecule has 14 heavy (non-hydrogen) atoms. The second-order valence-corrected chi connectivity index (χ2v) is 3.00. The first-order chi connectivity index (χ1) is 6.52. The number of nitrogens with zero attached hydrogens (tertiary/aromatic N) is 2. The van der Waals surface area contributed by atoms with Gasteiger partial charge >= 0.3 is 0 Å². The Hall–Kier alpha value is -1.37. The summed E-state index contributed by atoms with van der Waals surface area (Å²) in [6.45, 7) is 0.714. The van der Waals surface area contributed by atoms with E-state index in [-0.39, 0.29) is 12.5 Å². The third-order valence-electron chi connectivity index (χ3n) is 1.30. The summed E-state index contributed by atoms with van der Waals surface area (Å²) in [4.78, 5) is 26.6. The van der Waals surface area contributed by atoms with Gasteiger partial charge in [0, 0.05) is 6.54 Å². The summed E-state index contributed by atoms with van der Waals surface area (Å²) < 4.78 is 0. The Morgan fingerprint density at radius 1 is 1.57 bits per heavy atom. The molecule has 1 N–H and O–H groups in total. The molecule has 0 radical (unpaired) electrons. The van der Waals surface area contributed by atoms with Gasteiger partial charge in [0.25, 0.3) is 5.09 Å². The van der Waals surface area contributed by atoms with Crippen molar-refractivity contribution in [3.8, 4) is 0 Å². The van der Waals surface area contributed by atoms with E-state index in [9.17, 15) is 14.9 Å². The van der Waals surface area contributed by atoms with Gasteiger partial charge in [0.2, 0.25) is 5.91 Å². The van der Waals surface area contributed by atoms with Crippen molar-refractivity contribution < 1.29 is 14.7 Å². The van der Waals surface area contributed by atoms with Crippen molar-refractivity contribution in [2.75, 3.05) is 33.8 Å². The molecule has 0 saturated carbocycles. The highest BCUT2D eigenvalue weighted by atomic mass is 16.9. The lowest BCUT2D eigenvalue weighted by molar-refractivity contribution is -0.757. The molecular formula is C7H15N3O4. The lowest BCUT2D eigenvalue weighted by Crippen LogP contribution is -2.34. The van der Waals surface area contributed by atoms with Gasteiger partial charge in [-0.15, -0.1) is 10.1 Å². The van der Waals surface area contributed by atoms with Crippen LogP contribution in [-0.4, -0.2) is 49.7 Å². The normalized spacial score (nSPS) is 9.93. The molecule has 7 nitrogen and oxygen atoms in total. The molecule has 7 heteroatoms. The first-order valence-corrected chi connectivity index (χ1v) is 4.21. The lowest BCUT2D eigenvalue weighted by atomic mass is 10.4. The van der Waals surface area contributed by atoms with E-state index in [4.69, 9.17) is 0 Å². The summed E-state index contributed by atoms with van der Waals surface area (Å²) in [7, 11) is 3.57. The number of rotatable bonds is 7. The first kappa shape index (κ1) is 12.6. The molecule has 0 aliphatic heterocycles. The zero-order valence-corrected chi connectivity index (χ0v) is 8.36. The molecule has 0 bridgehead atoms. The average Bonchev–Trinajstić information content (AvgIpc) is 2.01. The van der Waals surface area contributed by atoms with Crippen LogP contribution in [0.15, 0.2) is 0 Å². The van der Waals surface area contributed by atoms with E-state index in [0.717, 1.165) is 0 Å². The maximum atomic E-state index is 11.0. The van der Waals surface area contributed by atoms with Crippen LogP contribution in [0.3, 0.4) is 0 Å². The number of hydrogen-bond donors (Lipinski definition) is 1. The molecule has 0 aliphatic carbocycles. The third kappa shape index (κ3) is 8.72. The van der Waals surface area contributed by atoms with Gasteiger partial charge in [-0.3, -0.25) is 4.79 Å². The molecule has 0 aromatic carbocycles. The Balaban J connectivity index is 3.27. The monoisotopic (exact) mass is 205 g/mol. The molecule has 0 spiro atoms. The number of carbonyl (C=O) groups excluding carboxylic acids is 1. The maximum absolute atomic E-state index is 11.0.